The van der Waals surface area contributed by atoms with E-state index in [1.165, 1.54) is 5.69 Å². The molecule has 2 N–H and O–H groups in total. The number of rotatable bonds is 4. The van der Waals surface area contributed by atoms with Crippen LogP contribution in [0.15, 0.2) is 18.2 Å². The summed E-state index contributed by atoms with van der Waals surface area (Å²) in [5.41, 5.74) is 7.83. The summed E-state index contributed by atoms with van der Waals surface area (Å²) in [6.07, 6.45) is 2.15. The first-order chi connectivity index (χ1) is 7.27. The van der Waals surface area contributed by atoms with E-state index in [-0.39, 0.29) is 0 Å². The lowest BCUT2D eigenvalue weighted by molar-refractivity contribution is 0.597. The van der Waals surface area contributed by atoms with Crippen molar-refractivity contribution in [2.75, 3.05) is 6.54 Å². The summed E-state index contributed by atoms with van der Waals surface area (Å²) < 4.78 is 0. The first-order valence-electron chi connectivity index (χ1n) is 5.91. The van der Waals surface area contributed by atoms with Gasteiger partial charge < -0.3 is 5.73 Å². The lowest BCUT2D eigenvalue weighted by Crippen LogP contribution is -2.08. The highest BCUT2D eigenvalue weighted by atomic mass is 14.7. The number of pyridine rings is 1. The van der Waals surface area contributed by atoms with Crippen LogP contribution in [0.4, 0.5) is 0 Å². The molecule has 0 saturated heterocycles. The molecule has 0 aliphatic rings. The minimum Gasteiger partial charge on any atom is -0.330 e. The molecule has 0 spiro atoms. The highest BCUT2D eigenvalue weighted by molar-refractivity contribution is 5.13. The van der Waals surface area contributed by atoms with Crippen LogP contribution in [-0.2, 0) is 0 Å². The van der Waals surface area contributed by atoms with Crippen LogP contribution in [0.2, 0.25) is 0 Å². The van der Waals surface area contributed by atoms with Gasteiger partial charge in [-0.15, -0.1) is 0 Å². The lowest BCUT2D eigenvalue weighted by atomic mass is 9.98. The van der Waals surface area contributed by atoms with E-state index in [1.807, 2.05) is 26.8 Å². The van der Waals surface area contributed by atoms with Gasteiger partial charge in [0.25, 0.3) is 0 Å². The Morgan fingerprint density at radius 1 is 1.33 bits per heavy atom. The number of hydrogen-bond acceptors (Lipinski definition) is 2. The Labute approximate surface area is 93.9 Å². The second-order valence-corrected chi connectivity index (χ2v) is 3.39. The van der Waals surface area contributed by atoms with Crippen LogP contribution in [0, 0.1) is 6.92 Å². The van der Waals surface area contributed by atoms with Crippen LogP contribution in [0.1, 0.15) is 50.9 Å². The van der Waals surface area contributed by atoms with Gasteiger partial charge in [-0.1, -0.05) is 26.8 Å². The Bertz CT molecular complexity index is 258. The molecule has 0 aromatic carbocycles. The summed E-state index contributed by atoms with van der Waals surface area (Å²) in [5.74, 6) is 0.532. The molecule has 1 aromatic heterocycles. The summed E-state index contributed by atoms with van der Waals surface area (Å²) in [7, 11) is 0. The van der Waals surface area contributed by atoms with Gasteiger partial charge in [0.05, 0.1) is 0 Å². The predicted molar refractivity (Wildman–Crippen MR) is 67.0 cm³/mol. The van der Waals surface area contributed by atoms with Crippen molar-refractivity contribution in [1.82, 2.24) is 4.98 Å². The molecule has 1 aromatic rings. The van der Waals surface area contributed by atoms with Gasteiger partial charge in [0.2, 0.25) is 0 Å². The molecular weight excluding hydrogens is 184 g/mol. The van der Waals surface area contributed by atoms with Crippen LogP contribution in [-0.4, -0.2) is 11.5 Å². The minimum absolute atomic E-state index is 0.532. The van der Waals surface area contributed by atoms with E-state index in [2.05, 4.69) is 24.0 Å². The fraction of sp³-hybridized carbons (Fsp3) is 0.615. The highest BCUT2D eigenvalue weighted by Crippen LogP contribution is 2.20. The van der Waals surface area contributed by atoms with Gasteiger partial charge in [0.15, 0.2) is 0 Å². The number of nitrogens with zero attached hydrogens (tertiary/aromatic N) is 1. The molecule has 2 nitrogen and oxygen atoms in total. The second-order valence-electron chi connectivity index (χ2n) is 3.39. The van der Waals surface area contributed by atoms with Crippen LogP contribution < -0.4 is 5.73 Å². The summed E-state index contributed by atoms with van der Waals surface area (Å²) >= 11 is 0. The van der Waals surface area contributed by atoms with Gasteiger partial charge >= 0.3 is 0 Å². The maximum atomic E-state index is 5.55. The van der Waals surface area contributed by atoms with Crippen molar-refractivity contribution in [3.63, 3.8) is 0 Å². The molecule has 1 rings (SSSR count). The maximum absolute atomic E-state index is 5.55. The monoisotopic (exact) mass is 208 g/mol. The summed E-state index contributed by atoms with van der Waals surface area (Å²) in [5, 5.41) is 0. The molecule has 86 valence electrons. The molecule has 0 saturated carbocycles. The number of hydrogen-bond donors (Lipinski definition) is 1. The largest absolute Gasteiger partial charge is 0.330 e. The fourth-order valence-corrected chi connectivity index (χ4v) is 1.55. The molecule has 15 heavy (non-hydrogen) atoms. The third kappa shape index (κ3) is 4.93. The Hall–Kier alpha value is -0.890. The number of nitrogens with two attached hydrogens (primary N) is 1. The van der Waals surface area contributed by atoms with E-state index < -0.39 is 0 Å². The zero-order chi connectivity index (χ0) is 11.7. The number of aryl methyl sites for hydroxylation is 1. The molecule has 1 atom stereocenters. The van der Waals surface area contributed by atoms with Gasteiger partial charge in [0, 0.05) is 17.3 Å². The molecular formula is C13H24N2. The van der Waals surface area contributed by atoms with Gasteiger partial charge in [-0.2, -0.15) is 0 Å². The van der Waals surface area contributed by atoms with Gasteiger partial charge in [-0.05, 0) is 38.4 Å². The quantitative estimate of drug-likeness (QED) is 0.825. The Morgan fingerprint density at radius 2 is 2.00 bits per heavy atom. The standard InChI is InChI=1S/C11H18N2.C2H6/c1-3-10(7-8-12)11-6-4-5-9(2)13-11;1-2/h4-6,10H,3,7-8,12H2,1-2H3;1-2H3. The van der Waals surface area contributed by atoms with Crippen molar-refractivity contribution >= 4 is 0 Å². The van der Waals surface area contributed by atoms with E-state index in [0.717, 1.165) is 25.1 Å². The average molecular weight is 208 g/mol. The van der Waals surface area contributed by atoms with Crippen LogP contribution >= 0.6 is 0 Å². The third-order valence-corrected chi connectivity index (χ3v) is 2.34. The molecule has 0 amide bonds. The topological polar surface area (TPSA) is 38.9 Å². The summed E-state index contributed by atoms with van der Waals surface area (Å²) in [6.45, 7) is 8.96. The Kier molecular flexibility index (Phi) is 7.92. The third-order valence-electron chi connectivity index (χ3n) is 2.34. The van der Waals surface area contributed by atoms with Crippen molar-refractivity contribution in [2.24, 2.45) is 5.73 Å². The molecule has 1 heterocycles. The van der Waals surface area contributed by atoms with E-state index in [0.29, 0.717) is 5.92 Å². The van der Waals surface area contributed by atoms with Gasteiger partial charge in [-0.25, -0.2) is 0 Å². The van der Waals surface area contributed by atoms with Gasteiger partial charge in [0.1, 0.15) is 0 Å². The molecule has 1 unspecified atom stereocenters. The van der Waals surface area contributed by atoms with Gasteiger partial charge in [-0.3, -0.25) is 4.98 Å². The molecule has 0 radical (unpaired) electrons. The maximum Gasteiger partial charge on any atom is 0.0438 e. The first-order valence-corrected chi connectivity index (χ1v) is 5.91. The summed E-state index contributed by atoms with van der Waals surface area (Å²) in [4.78, 5) is 4.51. The number of aromatic nitrogens is 1. The Balaban J connectivity index is 0.000000921. The second kappa shape index (κ2) is 8.42. The van der Waals surface area contributed by atoms with Crippen molar-refractivity contribution in [3.05, 3.63) is 29.6 Å². The fourth-order valence-electron chi connectivity index (χ4n) is 1.55. The average Bonchev–Trinajstić information content (AvgIpc) is 2.28. The van der Waals surface area contributed by atoms with E-state index in [4.69, 9.17) is 5.73 Å². The first kappa shape index (κ1) is 14.1. The summed E-state index contributed by atoms with van der Waals surface area (Å²) in [6, 6.07) is 6.19. The van der Waals surface area contributed by atoms with E-state index in [1.54, 1.807) is 0 Å². The zero-order valence-electron chi connectivity index (χ0n) is 10.5. The van der Waals surface area contributed by atoms with Crippen molar-refractivity contribution < 1.29 is 0 Å². The van der Waals surface area contributed by atoms with E-state index in [9.17, 15) is 0 Å². The predicted octanol–water partition coefficient (Wildman–Crippen LogP) is 3.26. The lowest BCUT2D eigenvalue weighted by Gasteiger charge is -2.13. The molecule has 0 aliphatic carbocycles. The van der Waals surface area contributed by atoms with Crippen LogP contribution in [0.3, 0.4) is 0 Å². The van der Waals surface area contributed by atoms with Crippen molar-refractivity contribution in [3.8, 4) is 0 Å². The minimum atomic E-state index is 0.532. The van der Waals surface area contributed by atoms with E-state index >= 15 is 0 Å². The van der Waals surface area contributed by atoms with Crippen LogP contribution in [0.25, 0.3) is 0 Å². The highest BCUT2D eigenvalue weighted by Gasteiger charge is 2.08. The Morgan fingerprint density at radius 3 is 2.47 bits per heavy atom. The molecule has 0 aliphatic heterocycles. The normalized spacial score (nSPS) is 11.5. The van der Waals surface area contributed by atoms with Crippen molar-refractivity contribution in [1.29, 1.82) is 0 Å². The van der Waals surface area contributed by atoms with Crippen molar-refractivity contribution in [2.45, 2.75) is 46.5 Å². The smallest absolute Gasteiger partial charge is 0.0438 e. The molecule has 0 bridgehead atoms. The molecule has 2 heteroatoms. The molecule has 0 fully saturated rings. The zero-order valence-corrected chi connectivity index (χ0v) is 10.5. The SMILES string of the molecule is CC.CCC(CCN)c1cccc(C)n1. The van der Waals surface area contributed by atoms with Crippen LogP contribution in [0.5, 0.6) is 0 Å².